The molecule has 1 aliphatic heterocycles. The molecule has 1 fully saturated rings. The van der Waals surface area contributed by atoms with Gasteiger partial charge in [0.2, 0.25) is 0 Å². The van der Waals surface area contributed by atoms with Gasteiger partial charge in [-0.1, -0.05) is 49.2 Å². The van der Waals surface area contributed by atoms with Gasteiger partial charge >= 0.3 is 0 Å². The molecule has 0 aromatic heterocycles. The highest BCUT2D eigenvalue weighted by Gasteiger charge is 2.20. The summed E-state index contributed by atoms with van der Waals surface area (Å²) < 4.78 is 1.18. The highest BCUT2D eigenvalue weighted by molar-refractivity contribution is 9.10. The molecular weight excluding hydrogens is 324 g/mol. The molecule has 0 amide bonds. The Morgan fingerprint density at radius 2 is 2.00 bits per heavy atom. The predicted molar refractivity (Wildman–Crippen MR) is 95.9 cm³/mol. The molecule has 1 aromatic rings. The first-order valence-corrected chi connectivity index (χ1v) is 9.13. The lowest BCUT2D eigenvalue weighted by Gasteiger charge is -2.34. The third kappa shape index (κ3) is 5.00. The molecule has 0 atom stereocenters. The van der Waals surface area contributed by atoms with Crippen molar-refractivity contribution in [3.63, 3.8) is 0 Å². The summed E-state index contributed by atoms with van der Waals surface area (Å²) in [7, 11) is 0. The van der Waals surface area contributed by atoms with Crippen molar-refractivity contribution in [3.8, 4) is 0 Å². The van der Waals surface area contributed by atoms with Gasteiger partial charge in [-0.15, -0.1) is 0 Å². The normalized spacial score (nSPS) is 16.7. The average Bonchev–Trinajstić information content (AvgIpc) is 2.48. The van der Waals surface area contributed by atoms with Crippen LogP contribution in [0.3, 0.4) is 0 Å². The highest BCUT2D eigenvalue weighted by atomic mass is 79.9. The number of hydrogen-bond donors (Lipinski definition) is 1. The van der Waals surface area contributed by atoms with Gasteiger partial charge < -0.3 is 10.2 Å². The van der Waals surface area contributed by atoms with Crippen LogP contribution in [0.1, 0.15) is 45.6 Å². The second-order valence-electron chi connectivity index (χ2n) is 6.64. The van der Waals surface area contributed by atoms with Crippen LogP contribution in [0.5, 0.6) is 0 Å². The summed E-state index contributed by atoms with van der Waals surface area (Å²) in [5.74, 6) is 1.63. The molecule has 21 heavy (non-hydrogen) atoms. The molecule has 0 bridgehead atoms. The molecule has 118 valence electrons. The second kappa shape index (κ2) is 8.19. The summed E-state index contributed by atoms with van der Waals surface area (Å²) >= 11 is 3.63. The number of benzene rings is 1. The largest absolute Gasteiger partial charge is 0.371 e. The molecule has 1 N–H and O–H groups in total. The molecule has 0 spiro atoms. The summed E-state index contributed by atoms with van der Waals surface area (Å²) in [6, 6.07) is 6.71. The fourth-order valence-corrected chi connectivity index (χ4v) is 3.41. The van der Waals surface area contributed by atoms with Gasteiger partial charge in [-0.2, -0.15) is 0 Å². The van der Waals surface area contributed by atoms with Crippen molar-refractivity contribution in [2.45, 2.75) is 46.6 Å². The molecule has 1 heterocycles. The van der Waals surface area contributed by atoms with E-state index in [2.05, 4.69) is 65.1 Å². The van der Waals surface area contributed by atoms with E-state index in [1.54, 1.807) is 0 Å². The first-order valence-electron chi connectivity index (χ1n) is 8.34. The second-order valence-corrected chi connectivity index (χ2v) is 7.55. The van der Waals surface area contributed by atoms with E-state index in [0.29, 0.717) is 5.92 Å². The minimum atomic E-state index is 0.698. The predicted octanol–water partition coefficient (Wildman–Crippen LogP) is 4.82. The van der Waals surface area contributed by atoms with E-state index < -0.39 is 0 Å². The van der Waals surface area contributed by atoms with Crippen molar-refractivity contribution in [1.29, 1.82) is 0 Å². The molecule has 2 rings (SSSR count). The van der Waals surface area contributed by atoms with E-state index in [0.717, 1.165) is 19.0 Å². The maximum Gasteiger partial charge on any atom is 0.0423 e. The Balaban J connectivity index is 2.04. The van der Waals surface area contributed by atoms with Crippen molar-refractivity contribution in [2.75, 3.05) is 24.5 Å². The number of piperidine rings is 1. The minimum Gasteiger partial charge on any atom is -0.371 e. The van der Waals surface area contributed by atoms with Gasteiger partial charge in [0.25, 0.3) is 0 Å². The lowest BCUT2D eigenvalue weighted by atomic mass is 9.94. The van der Waals surface area contributed by atoms with Gasteiger partial charge in [-0.3, -0.25) is 0 Å². The van der Waals surface area contributed by atoms with E-state index >= 15 is 0 Å². The molecule has 3 heteroatoms. The van der Waals surface area contributed by atoms with E-state index in [9.17, 15) is 0 Å². The van der Waals surface area contributed by atoms with Crippen LogP contribution >= 0.6 is 15.9 Å². The van der Waals surface area contributed by atoms with Crippen LogP contribution in [0.15, 0.2) is 22.7 Å². The lowest BCUT2D eigenvalue weighted by Crippen LogP contribution is -2.34. The zero-order valence-corrected chi connectivity index (χ0v) is 15.2. The maximum atomic E-state index is 3.63. The SMILES string of the molecule is CCC1CCN(c2cc(Br)ccc2CNCC(C)C)CC1. The van der Waals surface area contributed by atoms with Gasteiger partial charge in [0.1, 0.15) is 0 Å². The van der Waals surface area contributed by atoms with Gasteiger partial charge in [0.05, 0.1) is 0 Å². The van der Waals surface area contributed by atoms with Gasteiger partial charge in [0.15, 0.2) is 0 Å². The molecule has 1 aromatic carbocycles. The monoisotopic (exact) mass is 352 g/mol. The molecule has 2 nitrogen and oxygen atoms in total. The highest BCUT2D eigenvalue weighted by Crippen LogP contribution is 2.30. The van der Waals surface area contributed by atoms with Crippen molar-refractivity contribution in [3.05, 3.63) is 28.2 Å². The Morgan fingerprint density at radius 3 is 2.62 bits per heavy atom. The molecule has 0 aliphatic carbocycles. The fourth-order valence-electron chi connectivity index (χ4n) is 3.06. The summed E-state index contributed by atoms with van der Waals surface area (Å²) in [5, 5.41) is 3.58. The molecule has 0 saturated carbocycles. The zero-order valence-electron chi connectivity index (χ0n) is 13.7. The third-order valence-electron chi connectivity index (χ3n) is 4.45. The van der Waals surface area contributed by atoms with Crippen molar-refractivity contribution in [1.82, 2.24) is 5.32 Å². The summed E-state index contributed by atoms with van der Waals surface area (Å²) in [5.41, 5.74) is 2.84. The van der Waals surface area contributed by atoms with Crippen molar-refractivity contribution >= 4 is 21.6 Å². The first-order chi connectivity index (χ1) is 10.1. The van der Waals surface area contributed by atoms with Gasteiger partial charge in [-0.25, -0.2) is 0 Å². The number of hydrogen-bond acceptors (Lipinski definition) is 2. The topological polar surface area (TPSA) is 15.3 Å². The third-order valence-corrected chi connectivity index (χ3v) is 4.94. The minimum absolute atomic E-state index is 0.698. The van der Waals surface area contributed by atoms with E-state index in [1.165, 1.54) is 48.1 Å². The van der Waals surface area contributed by atoms with Crippen LogP contribution in [0.4, 0.5) is 5.69 Å². The Hall–Kier alpha value is -0.540. The smallest absolute Gasteiger partial charge is 0.0423 e. The van der Waals surface area contributed by atoms with E-state index in [1.807, 2.05) is 0 Å². The van der Waals surface area contributed by atoms with Gasteiger partial charge in [0, 0.05) is 29.8 Å². The van der Waals surface area contributed by atoms with Crippen LogP contribution in [0.25, 0.3) is 0 Å². The number of nitrogens with one attached hydrogen (secondary N) is 1. The van der Waals surface area contributed by atoms with Crippen molar-refractivity contribution in [2.24, 2.45) is 11.8 Å². The molecule has 0 radical (unpaired) electrons. The number of nitrogens with zero attached hydrogens (tertiary/aromatic N) is 1. The van der Waals surface area contributed by atoms with Crippen LogP contribution < -0.4 is 10.2 Å². The molecule has 0 unspecified atom stereocenters. The average molecular weight is 353 g/mol. The standard InChI is InChI=1S/C18H29BrN2/c1-4-15-7-9-21(10-8-15)18-11-17(19)6-5-16(18)13-20-12-14(2)3/h5-6,11,14-15,20H,4,7-10,12-13H2,1-3H3. The molecule has 1 aliphatic rings. The van der Waals surface area contributed by atoms with Crippen LogP contribution in [-0.4, -0.2) is 19.6 Å². The molecular formula is C18H29BrN2. The number of halogens is 1. The summed E-state index contributed by atoms with van der Waals surface area (Å²) in [6.45, 7) is 11.3. The Kier molecular flexibility index (Phi) is 6.56. The number of rotatable bonds is 6. The number of anilines is 1. The molecule has 1 saturated heterocycles. The van der Waals surface area contributed by atoms with E-state index in [-0.39, 0.29) is 0 Å². The summed E-state index contributed by atoms with van der Waals surface area (Å²) in [4.78, 5) is 2.57. The van der Waals surface area contributed by atoms with Crippen LogP contribution in [-0.2, 0) is 6.54 Å². The summed E-state index contributed by atoms with van der Waals surface area (Å²) in [6.07, 6.45) is 4.00. The fraction of sp³-hybridized carbons (Fsp3) is 0.667. The Bertz CT molecular complexity index is 437. The first kappa shape index (κ1) is 16.8. The Labute approximate surface area is 138 Å². The maximum absolute atomic E-state index is 3.63. The quantitative estimate of drug-likeness (QED) is 0.789. The lowest BCUT2D eigenvalue weighted by molar-refractivity contribution is 0.394. The Morgan fingerprint density at radius 1 is 1.29 bits per heavy atom. The zero-order chi connectivity index (χ0) is 15.2. The van der Waals surface area contributed by atoms with Gasteiger partial charge in [-0.05, 0) is 48.9 Å². The van der Waals surface area contributed by atoms with E-state index in [4.69, 9.17) is 0 Å². The van der Waals surface area contributed by atoms with Crippen molar-refractivity contribution < 1.29 is 0 Å². The van der Waals surface area contributed by atoms with Crippen LogP contribution in [0.2, 0.25) is 0 Å². The van der Waals surface area contributed by atoms with Crippen LogP contribution in [0, 0.1) is 11.8 Å².